The van der Waals surface area contributed by atoms with E-state index in [1.807, 2.05) is 6.92 Å². The van der Waals surface area contributed by atoms with Crippen LogP contribution >= 0.6 is 11.6 Å². The summed E-state index contributed by atoms with van der Waals surface area (Å²) in [6, 6.07) is 15.8. The topological polar surface area (TPSA) is 143 Å². The molecule has 1 heterocycles. The Morgan fingerprint density at radius 1 is 1.07 bits per heavy atom. The molecule has 0 radical (unpaired) electrons. The Hall–Kier alpha value is -3.36. The number of sulfonamides is 2. The maximum atomic E-state index is 13.5. The number of hydrogen-bond donors (Lipinski definition) is 2. The number of nitrogens with zero attached hydrogens (tertiary/aromatic N) is 2. The van der Waals surface area contributed by atoms with E-state index in [-0.39, 0.29) is 53.4 Å². The van der Waals surface area contributed by atoms with Gasteiger partial charge in [0.05, 0.1) is 42.5 Å². The molecule has 1 amide bonds. The second-order valence-electron chi connectivity index (χ2n) is 10.7. The van der Waals surface area contributed by atoms with Crippen LogP contribution in [0.15, 0.2) is 76.5 Å². The molecule has 0 aliphatic carbocycles. The maximum Gasteiger partial charge on any atom is 0.261 e. The number of hydrogen-bond acceptors (Lipinski definition) is 8. The van der Waals surface area contributed by atoms with Crippen molar-refractivity contribution in [2.75, 3.05) is 38.6 Å². The molecular formula is C30H36ClN3O8S2. The van der Waals surface area contributed by atoms with E-state index < -0.39 is 32.2 Å². The molecule has 44 heavy (non-hydrogen) atoms. The molecule has 3 aromatic rings. The van der Waals surface area contributed by atoms with E-state index >= 15 is 0 Å². The first-order valence-corrected chi connectivity index (χ1v) is 17.1. The van der Waals surface area contributed by atoms with Crippen LogP contribution in [0, 0.1) is 5.92 Å². The first-order valence-electron chi connectivity index (χ1n) is 13.8. The van der Waals surface area contributed by atoms with Gasteiger partial charge < -0.3 is 19.5 Å². The fourth-order valence-electron chi connectivity index (χ4n) is 4.82. The summed E-state index contributed by atoms with van der Waals surface area (Å²) in [7, 11) is -4.94. The molecule has 0 saturated heterocycles. The Morgan fingerprint density at radius 2 is 1.70 bits per heavy atom. The SMILES string of the molecule is COc1ccc(S(=O)(=O)Nc2ccc3c(c2)CC(=O)N([C@@H](C)CO)C[C@H](C)[C@@H](CN(C)S(=O)(=O)c2ccc(Cl)cc2)O3)cc1. The lowest BCUT2D eigenvalue weighted by Gasteiger charge is -2.33. The van der Waals surface area contributed by atoms with Crippen LogP contribution in [0.25, 0.3) is 0 Å². The standard InChI is InChI=1S/C30H36ClN3O8S2/c1-20-17-34(21(2)19-35)30(36)16-22-15-24(32-43(37,38)26-12-8-25(41-4)9-13-26)7-14-28(22)42-29(20)18-33(3)44(39,40)27-10-5-23(31)6-11-27/h5-15,20-21,29,32,35H,16-19H2,1-4H3/t20-,21-,29+/m0/s1. The van der Waals surface area contributed by atoms with Crippen molar-refractivity contribution in [3.63, 3.8) is 0 Å². The molecule has 0 fully saturated rings. The van der Waals surface area contributed by atoms with Crippen molar-refractivity contribution in [1.82, 2.24) is 9.21 Å². The van der Waals surface area contributed by atoms with Crippen LogP contribution in [-0.4, -0.2) is 83.1 Å². The van der Waals surface area contributed by atoms with E-state index in [9.17, 15) is 26.7 Å². The highest BCUT2D eigenvalue weighted by Crippen LogP contribution is 2.31. The Labute approximate surface area is 263 Å². The quantitative estimate of drug-likeness (QED) is 0.335. The maximum absolute atomic E-state index is 13.5. The lowest BCUT2D eigenvalue weighted by molar-refractivity contribution is -0.134. The lowest BCUT2D eigenvalue weighted by Crippen LogP contribution is -2.48. The summed E-state index contributed by atoms with van der Waals surface area (Å²) in [5.74, 6) is 0.184. The molecule has 1 aliphatic rings. The van der Waals surface area contributed by atoms with Gasteiger partial charge in [-0.1, -0.05) is 18.5 Å². The zero-order chi connectivity index (χ0) is 32.2. The number of ether oxygens (including phenoxy) is 2. The van der Waals surface area contributed by atoms with Crippen LogP contribution < -0.4 is 14.2 Å². The predicted molar refractivity (Wildman–Crippen MR) is 167 cm³/mol. The van der Waals surface area contributed by atoms with Crippen molar-refractivity contribution in [3.8, 4) is 11.5 Å². The number of likely N-dealkylation sites (N-methyl/N-ethyl adjacent to an activating group) is 1. The van der Waals surface area contributed by atoms with Crippen LogP contribution in [0.2, 0.25) is 5.02 Å². The van der Waals surface area contributed by atoms with E-state index in [2.05, 4.69) is 4.72 Å². The van der Waals surface area contributed by atoms with Crippen molar-refractivity contribution in [3.05, 3.63) is 77.3 Å². The van der Waals surface area contributed by atoms with Crippen molar-refractivity contribution in [2.45, 2.75) is 42.2 Å². The number of nitrogens with one attached hydrogen (secondary N) is 1. The zero-order valence-corrected chi connectivity index (χ0v) is 27.2. The number of halogens is 1. The Bertz CT molecular complexity index is 1680. The van der Waals surface area contributed by atoms with Gasteiger partial charge in [0.25, 0.3) is 10.0 Å². The molecule has 14 heteroatoms. The smallest absolute Gasteiger partial charge is 0.261 e. The summed E-state index contributed by atoms with van der Waals surface area (Å²) in [6.45, 7) is 3.44. The van der Waals surface area contributed by atoms with E-state index in [1.165, 1.54) is 84.0 Å². The number of methoxy groups -OCH3 is 1. The molecule has 2 N–H and O–H groups in total. The molecule has 3 aromatic carbocycles. The largest absolute Gasteiger partial charge is 0.497 e. The summed E-state index contributed by atoms with van der Waals surface area (Å²) in [5.41, 5.74) is 0.617. The molecule has 0 saturated carbocycles. The van der Waals surface area contributed by atoms with E-state index in [0.717, 1.165) is 0 Å². The molecule has 3 atom stereocenters. The van der Waals surface area contributed by atoms with Gasteiger partial charge in [-0.2, -0.15) is 4.31 Å². The van der Waals surface area contributed by atoms with Gasteiger partial charge in [0.15, 0.2) is 0 Å². The number of rotatable bonds is 10. The fourth-order valence-corrected chi connectivity index (χ4v) is 7.18. The van der Waals surface area contributed by atoms with Crippen LogP contribution in [0.1, 0.15) is 19.4 Å². The van der Waals surface area contributed by atoms with Crippen LogP contribution in [-0.2, 0) is 31.3 Å². The first kappa shape index (κ1) is 33.5. The number of benzene rings is 3. The highest BCUT2D eigenvalue weighted by Gasteiger charge is 2.33. The minimum atomic E-state index is -3.97. The third-order valence-electron chi connectivity index (χ3n) is 7.50. The molecule has 0 aromatic heterocycles. The van der Waals surface area contributed by atoms with Gasteiger partial charge in [-0.25, -0.2) is 16.8 Å². The van der Waals surface area contributed by atoms with E-state index in [1.54, 1.807) is 13.0 Å². The predicted octanol–water partition coefficient (Wildman–Crippen LogP) is 3.62. The number of amides is 1. The second-order valence-corrected chi connectivity index (χ2v) is 14.9. The number of carbonyl (C=O) groups is 1. The van der Waals surface area contributed by atoms with Crippen molar-refractivity contribution >= 4 is 43.2 Å². The minimum absolute atomic E-state index is 0.0240. The Kier molecular flexibility index (Phi) is 10.5. The van der Waals surface area contributed by atoms with Crippen molar-refractivity contribution in [2.24, 2.45) is 5.92 Å². The van der Waals surface area contributed by atoms with Crippen LogP contribution in [0.5, 0.6) is 11.5 Å². The summed E-state index contributed by atoms with van der Waals surface area (Å²) < 4.78 is 68.1. The molecule has 4 rings (SSSR count). The number of carbonyl (C=O) groups excluding carboxylic acids is 1. The Morgan fingerprint density at radius 3 is 2.32 bits per heavy atom. The van der Waals surface area contributed by atoms with Gasteiger partial charge in [-0.3, -0.25) is 9.52 Å². The average molecular weight is 666 g/mol. The lowest BCUT2D eigenvalue weighted by atomic mass is 10.0. The molecule has 0 spiro atoms. The molecule has 11 nitrogen and oxygen atoms in total. The second kappa shape index (κ2) is 13.7. The molecule has 1 aliphatic heterocycles. The summed E-state index contributed by atoms with van der Waals surface area (Å²) in [4.78, 5) is 15.1. The molecular weight excluding hydrogens is 630 g/mol. The highest BCUT2D eigenvalue weighted by molar-refractivity contribution is 7.92. The molecule has 238 valence electrons. The number of fused-ring (bicyclic) bond motifs is 1. The van der Waals surface area contributed by atoms with Crippen LogP contribution in [0.3, 0.4) is 0 Å². The summed E-state index contributed by atoms with van der Waals surface area (Å²) in [6.07, 6.45) is -0.835. The third kappa shape index (κ3) is 7.64. The number of aliphatic hydroxyl groups excluding tert-OH is 1. The molecule has 0 unspecified atom stereocenters. The van der Waals surface area contributed by atoms with Gasteiger partial charge in [0, 0.05) is 35.8 Å². The monoisotopic (exact) mass is 665 g/mol. The minimum Gasteiger partial charge on any atom is -0.497 e. The first-order chi connectivity index (χ1) is 20.7. The number of aliphatic hydroxyl groups is 1. The summed E-state index contributed by atoms with van der Waals surface area (Å²) >= 11 is 5.94. The van der Waals surface area contributed by atoms with Gasteiger partial charge in [-0.05, 0) is 73.7 Å². The van der Waals surface area contributed by atoms with E-state index in [4.69, 9.17) is 21.1 Å². The normalized spacial score (nSPS) is 18.4. The highest BCUT2D eigenvalue weighted by atomic mass is 35.5. The van der Waals surface area contributed by atoms with Gasteiger partial charge >= 0.3 is 0 Å². The van der Waals surface area contributed by atoms with Crippen LogP contribution in [0.4, 0.5) is 5.69 Å². The zero-order valence-electron chi connectivity index (χ0n) is 24.8. The van der Waals surface area contributed by atoms with Gasteiger partial charge in [0.2, 0.25) is 15.9 Å². The van der Waals surface area contributed by atoms with Crippen molar-refractivity contribution in [1.29, 1.82) is 0 Å². The van der Waals surface area contributed by atoms with Gasteiger partial charge in [0.1, 0.15) is 17.6 Å². The number of anilines is 1. The van der Waals surface area contributed by atoms with Gasteiger partial charge in [-0.15, -0.1) is 0 Å². The Balaban J connectivity index is 1.67. The third-order valence-corrected chi connectivity index (χ3v) is 11.0. The molecule has 0 bridgehead atoms. The fraction of sp³-hybridized carbons (Fsp3) is 0.367. The summed E-state index contributed by atoms with van der Waals surface area (Å²) in [5, 5.41) is 10.3. The van der Waals surface area contributed by atoms with E-state index in [0.29, 0.717) is 22.1 Å². The van der Waals surface area contributed by atoms with Crippen molar-refractivity contribution < 1.29 is 36.2 Å². The average Bonchev–Trinajstić information content (AvgIpc) is 3.04.